The zero-order valence-electron chi connectivity index (χ0n) is 34.0. The number of rotatable bonds is 36. The topological polar surface area (TPSA) is 102 Å². The average Bonchev–Trinajstić information content (AvgIpc) is 3.09. The molecule has 0 aliphatic rings. The number of allylic oxidation sites excluding steroid dienone is 8. The van der Waals surface area contributed by atoms with Gasteiger partial charge in [-0.1, -0.05) is 127 Å². The van der Waals surface area contributed by atoms with Crippen LogP contribution in [0.3, 0.4) is 0 Å². The van der Waals surface area contributed by atoms with Crippen molar-refractivity contribution in [2.24, 2.45) is 0 Å². The molecule has 0 amide bonds. The van der Waals surface area contributed by atoms with Crippen molar-refractivity contribution in [3.63, 3.8) is 0 Å². The molecule has 0 bridgehead atoms. The minimum Gasteiger partial charge on any atom is -0.544 e. The highest BCUT2D eigenvalue weighted by Crippen LogP contribution is 2.13. The number of likely N-dealkylation sites (N-methyl/N-ethyl adjacent to an activating group) is 1. The molecule has 0 aliphatic carbocycles. The third-order valence-electron chi connectivity index (χ3n) is 8.95. The summed E-state index contributed by atoms with van der Waals surface area (Å²) in [6, 6.07) is -0.728. The molecule has 0 heterocycles. The first kappa shape index (κ1) is 49.3. The number of ether oxygens (including phenoxy) is 3. The van der Waals surface area contributed by atoms with Crippen LogP contribution in [0, 0.1) is 0 Å². The van der Waals surface area contributed by atoms with Crippen LogP contribution in [0.4, 0.5) is 0 Å². The van der Waals surface area contributed by atoms with Gasteiger partial charge in [0.25, 0.3) is 0 Å². The second kappa shape index (κ2) is 35.3. The fourth-order valence-corrected chi connectivity index (χ4v) is 5.71. The molecule has 2 atom stereocenters. The average molecular weight is 732 g/mol. The molecule has 0 aliphatic heterocycles. The zero-order valence-corrected chi connectivity index (χ0v) is 34.0. The standard InChI is InChI=1S/C44H77NO7/c1-6-8-10-12-14-16-18-19-20-21-22-23-25-27-29-31-33-35-43(47)52-40(38-50-37-36-41(44(48)49)45(3,4)5)39-51-42(46)34-32-30-28-26-24-17-15-13-11-9-7-2/h8,10,13-16,19-20,40-41H,6-7,9,11-12,17-18,21-39H2,1-5H3/b10-8-,15-13-,16-14-,20-19-. The van der Waals surface area contributed by atoms with E-state index in [1.165, 1.54) is 44.9 Å². The molecule has 0 radical (unpaired) electrons. The Morgan fingerprint density at radius 3 is 1.62 bits per heavy atom. The summed E-state index contributed by atoms with van der Waals surface area (Å²) in [4.78, 5) is 36.7. The summed E-state index contributed by atoms with van der Waals surface area (Å²) in [6.07, 6.45) is 39.9. The number of unbranched alkanes of at least 4 members (excludes halogenated alkanes) is 14. The van der Waals surface area contributed by atoms with Gasteiger partial charge in [0, 0.05) is 19.3 Å². The van der Waals surface area contributed by atoms with Gasteiger partial charge in [-0.15, -0.1) is 0 Å². The van der Waals surface area contributed by atoms with Crippen LogP contribution in [0.2, 0.25) is 0 Å². The van der Waals surface area contributed by atoms with Gasteiger partial charge in [-0.25, -0.2) is 0 Å². The minimum atomic E-state index is -1.13. The molecular weight excluding hydrogens is 654 g/mol. The van der Waals surface area contributed by atoms with Crippen LogP contribution in [0.1, 0.15) is 162 Å². The summed E-state index contributed by atoms with van der Waals surface area (Å²) in [7, 11) is 5.39. The first-order valence-electron chi connectivity index (χ1n) is 20.7. The molecule has 0 aromatic carbocycles. The van der Waals surface area contributed by atoms with Crippen molar-refractivity contribution >= 4 is 17.9 Å². The molecule has 0 rings (SSSR count). The summed E-state index contributed by atoms with van der Waals surface area (Å²) in [5, 5.41) is 11.6. The minimum absolute atomic E-state index is 0.0331. The van der Waals surface area contributed by atoms with Crippen LogP contribution in [0.25, 0.3) is 0 Å². The number of nitrogens with zero attached hydrogens (tertiary/aromatic N) is 1. The number of quaternary nitrogens is 1. The molecule has 2 unspecified atom stereocenters. The van der Waals surface area contributed by atoms with Crippen LogP contribution < -0.4 is 5.11 Å². The number of esters is 2. The van der Waals surface area contributed by atoms with Crippen molar-refractivity contribution in [2.45, 2.75) is 174 Å². The van der Waals surface area contributed by atoms with Crippen LogP contribution in [0.15, 0.2) is 48.6 Å². The Kier molecular flexibility index (Phi) is 33.5. The normalized spacial score (nSPS) is 13.5. The number of hydrogen-bond donors (Lipinski definition) is 0. The van der Waals surface area contributed by atoms with Gasteiger partial charge in [-0.05, 0) is 64.2 Å². The molecule has 0 spiro atoms. The number of carboxylic acid groups (broad SMARTS) is 1. The molecule has 0 saturated carbocycles. The van der Waals surface area contributed by atoms with E-state index in [1.807, 2.05) is 0 Å². The molecule has 8 heteroatoms. The van der Waals surface area contributed by atoms with E-state index in [4.69, 9.17) is 14.2 Å². The molecule has 8 nitrogen and oxygen atoms in total. The summed E-state index contributed by atoms with van der Waals surface area (Å²) in [5.41, 5.74) is 0. The smallest absolute Gasteiger partial charge is 0.306 e. The lowest BCUT2D eigenvalue weighted by Gasteiger charge is -2.34. The van der Waals surface area contributed by atoms with Crippen LogP contribution in [-0.4, -0.2) is 75.5 Å². The summed E-state index contributed by atoms with van der Waals surface area (Å²) < 4.78 is 17.1. The largest absolute Gasteiger partial charge is 0.544 e. The van der Waals surface area contributed by atoms with Gasteiger partial charge in [0.15, 0.2) is 6.10 Å². The molecule has 0 aromatic heterocycles. The lowest BCUT2D eigenvalue weighted by Crippen LogP contribution is -2.55. The van der Waals surface area contributed by atoms with E-state index >= 15 is 0 Å². The fourth-order valence-electron chi connectivity index (χ4n) is 5.71. The van der Waals surface area contributed by atoms with Gasteiger partial charge in [0.1, 0.15) is 12.6 Å². The number of aliphatic carboxylic acids is 1. The Balaban J connectivity index is 4.39. The van der Waals surface area contributed by atoms with Gasteiger partial charge in [0.05, 0.1) is 40.3 Å². The third-order valence-corrected chi connectivity index (χ3v) is 8.95. The first-order chi connectivity index (χ1) is 25.1. The van der Waals surface area contributed by atoms with E-state index in [9.17, 15) is 19.5 Å². The Labute approximate surface area is 318 Å². The van der Waals surface area contributed by atoms with Crippen molar-refractivity contribution in [3.8, 4) is 0 Å². The number of carbonyl (C=O) groups is 3. The molecule has 0 fully saturated rings. The van der Waals surface area contributed by atoms with Crippen LogP contribution in [0.5, 0.6) is 0 Å². The third kappa shape index (κ3) is 33.1. The molecule has 0 aromatic rings. The number of hydrogen-bond acceptors (Lipinski definition) is 7. The van der Waals surface area contributed by atoms with E-state index in [2.05, 4.69) is 62.5 Å². The zero-order chi connectivity index (χ0) is 38.5. The van der Waals surface area contributed by atoms with Gasteiger partial charge < -0.3 is 28.6 Å². The van der Waals surface area contributed by atoms with Crippen molar-refractivity contribution in [3.05, 3.63) is 48.6 Å². The van der Waals surface area contributed by atoms with E-state index in [-0.39, 0.29) is 42.7 Å². The highest BCUT2D eigenvalue weighted by molar-refractivity contribution is 5.70. The quantitative estimate of drug-likeness (QED) is 0.0274. The van der Waals surface area contributed by atoms with E-state index < -0.39 is 18.1 Å². The van der Waals surface area contributed by atoms with Gasteiger partial charge in [-0.2, -0.15) is 0 Å². The number of carboxylic acids is 1. The molecule has 300 valence electrons. The van der Waals surface area contributed by atoms with Crippen LogP contribution in [-0.2, 0) is 28.6 Å². The summed E-state index contributed by atoms with van der Waals surface area (Å²) >= 11 is 0. The summed E-state index contributed by atoms with van der Waals surface area (Å²) in [6.45, 7) is 4.48. The number of carbonyl (C=O) groups excluding carboxylic acids is 3. The fraction of sp³-hybridized carbons (Fsp3) is 0.750. The monoisotopic (exact) mass is 732 g/mol. The SMILES string of the molecule is CC/C=C\C/C=C\C/C=C\CCCCCCCCCC(=O)OC(COCCC(C(=O)[O-])[N+](C)(C)C)COC(=O)CCCCCCC/C=C\CCCC. The van der Waals surface area contributed by atoms with Gasteiger partial charge in [-0.3, -0.25) is 9.59 Å². The second-order valence-electron chi connectivity index (χ2n) is 14.8. The van der Waals surface area contributed by atoms with Gasteiger partial charge >= 0.3 is 11.9 Å². The maximum atomic E-state index is 12.7. The lowest BCUT2D eigenvalue weighted by atomic mass is 10.1. The van der Waals surface area contributed by atoms with Crippen molar-refractivity contribution in [1.82, 2.24) is 0 Å². The van der Waals surface area contributed by atoms with Crippen LogP contribution >= 0.6 is 0 Å². The Morgan fingerprint density at radius 1 is 0.596 bits per heavy atom. The molecular formula is C44H77NO7. The summed E-state index contributed by atoms with van der Waals surface area (Å²) in [5.74, 6) is -1.77. The lowest BCUT2D eigenvalue weighted by molar-refractivity contribution is -0.889. The Hall–Kier alpha value is -2.71. The Morgan fingerprint density at radius 2 is 1.08 bits per heavy atom. The Bertz CT molecular complexity index is 995. The molecule has 52 heavy (non-hydrogen) atoms. The highest BCUT2D eigenvalue weighted by Gasteiger charge is 2.25. The predicted octanol–water partition coefficient (Wildman–Crippen LogP) is 9.52. The van der Waals surface area contributed by atoms with Crippen molar-refractivity contribution in [1.29, 1.82) is 0 Å². The maximum absolute atomic E-state index is 12.7. The van der Waals surface area contributed by atoms with Crippen molar-refractivity contribution in [2.75, 3.05) is 41.0 Å². The van der Waals surface area contributed by atoms with Gasteiger partial charge in [0.2, 0.25) is 0 Å². The predicted molar refractivity (Wildman–Crippen MR) is 213 cm³/mol. The molecule has 0 N–H and O–H groups in total. The van der Waals surface area contributed by atoms with E-state index in [1.54, 1.807) is 21.1 Å². The van der Waals surface area contributed by atoms with E-state index in [0.717, 1.165) is 83.5 Å². The van der Waals surface area contributed by atoms with E-state index in [0.29, 0.717) is 12.8 Å². The second-order valence-corrected chi connectivity index (χ2v) is 14.8. The first-order valence-corrected chi connectivity index (χ1v) is 20.7. The maximum Gasteiger partial charge on any atom is 0.306 e. The highest BCUT2D eigenvalue weighted by atomic mass is 16.6. The van der Waals surface area contributed by atoms with Crippen molar-refractivity contribution < 1.29 is 38.2 Å². The molecule has 0 saturated heterocycles.